The van der Waals surface area contributed by atoms with Gasteiger partial charge >= 0.3 is 0 Å². The van der Waals surface area contributed by atoms with E-state index >= 15 is 0 Å². The van der Waals surface area contributed by atoms with E-state index in [0.29, 0.717) is 5.92 Å². The number of nitrogens with one attached hydrogen (secondary N) is 1. The fourth-order valence-corrected chi connectivity index (χ4v) is 2.88. The molecule has 0 bridgehead atoms. The van der Waals surface area contributed by atoms with E-state index in [-0.39, 0.29) is 6.04 Å². The van der Waals surface area contributed by atoms with Crippen molar-refractivity contribution in [2.45, 2.75) is 38.3 Å². The Hall–Kier alpha value is -0.130. The van der Waals surface area contributed by atoms with Crippen LogP contribution in [-0.4, -0.2) is 17.7 Å². The van der Waals surface area contributed by atoms with Crippen molar-refractivity contribution >= 4 is 22.6 Å². The summed E-state index contributed by atoms with van der Waals surface area (Å²) in [6, 6.07) is 8.32. The molecule has 0 spiro atoms. The molecule has 94 valence electrons. The molecular weight excluding hydrogens is 325 g/mol. The number of aliphatic hydroxyl groups is 1. The first-order valence-corrected chi connectivity index (χ1v) is 7.30. The molecule has 1 aliphatic heterocycles. The summed E-state index contributed by atoms with van der Waals surface area (Å²) in [4.78, 5) is 0. The van der Waals surface area contributed by atoms with E-state index in [9.17, 15) is 5.11 Å². The van der Waals surface area contributed by atoms with E-state index in [1.165, 1.54) is 9.99 Å². The van der Waals surface area contributed by atoms with E-state index in [4.69, 9.17) is 0 Å². The summed E-state index contributed by atoms with van der Waals surface area (Å²) in [6.45, 7) is 5.19. The Morgan fingerprint density at radius 1 is 1.35 bits per heavy atom. The fourth-order valence-electron chi connectivity index (χ4n) is 2.52. The van der Waals surface area contributed by atoms with Crippen LogP contribution in [0.2, 0.25) is 0 Å². The van der Waals surface area contributed by atoms with Gasteiger partial charge in [-0.15, -0.1) is 0 Å². The first-order chi connectivity index (χ1) is 8.00. The second kappa shape index (κ2) is 5.24. The zero-order valence-electron chi connectivity index (χ0n) is 10.4. The molecule has 0 aliphatic carbocycles. The largest absolute Gasteiger partial charge is 0.384 e. The topological polar surface area (TPSA) is 32.3 Å². The highest BCUT2D eigenvalue weighted by Gasteiger charge is 2.35. The maximum absolute atomic E-state index is 10.8. The summed E-state index contributed by atoms with van der Waals surface area (Å²) in [5.41, 5.74) is 0.225. The molecule has 1 saturated heterocycles. The van der Waals surface area contributed by atoms with Gasteiger partial charge in [-0.3, -0.25) is 0 Å². The van der Waals surface area contributed by atoms with E-state index in [0.717, 1.165) is 18.5 Å². The second-order valence-electron chi connectivity index (χ2n) is 5.29. The summed E-state index contributed by atoms with van der Waals surface area (Å²) in [5, 5.41) is 14.2. The summed E-state index contributed by atoms with van der Waals surface area (Å²) >= 11 is 2.29. The van der Waals surface area contributed by atoms with Crippen LogP contribution in [0.4, 0.5) is 0 Å². The van der Waals surface area contributed by atoms with E-state index in [2.05, 4.69) is 47.0 Å². The number of rotatable bonds is 2. The van der Waals surface area contributed by atoms with Crippen molar-refractivity contribution in [2.75, 3.05) is 6.54 Å². The Kier molecular flexibility index (Phi) is 4.10. The van der Waals surface area contributed by atoms with Gasteiger partial charge in [-0.2, -0.15) is 0 Å². The standard InChI is InChI=1S/C14H20INO/c1-10-7-8-16-13(9-10)14(2,17)11-3-5-12(15)6-4-11/h3-6,10,13,16-17H,7-9H2,1-2H3. The summed E-state index contributed by atoms with van der Waals surface area (Å²) in [5.74, 6) is 0.691. The molecule has 3 atom stereocenters. The molecule has 0 saturated carbocycles. The molecule has 0 aromatic heterocycles. The highest BCUT2D eigenvalue weighted by molar-refractivity contribution is 14.1. The zero-order chi connectivity index (χ0) is 12.5. The summed E-state index contributed by atoms with van der Waals surface area (Å²) < 4.78 is 1.20. The molecule has 3 unspecified atom stereocenters. The molecule has 1 aromatic rings. The van der Waals surface area contributed by atoms with Crippen LogP contribution in [0.25, 0.3) is 0 Å². The highest BCUT2D eigenvalue weighted by atomic mass is 127. The molecule has 3 heteroatoms. The van der Waals surface area contributed by atoms with Gasteiger partial charge in [0, 0.05) is 9.61 Å². The van der Waals surface area contributed by atoms with Crippen LogP contribution in [-0.2, 0) is 5.60 Å². The summed E-state index contributed by atoms with van der Waals surface area (Å²) in [7, 11) is 0. The Morgan fingerprint density at radius 3 is 2.59 bits per heavy atom. The van der Waals surface area contributed by atoms with Gasteiger partial charge in [0.2, 0.25) is 0 Å². The van der Waals surface area contributed by atoms with Crippen molar-refractivity contribution in [3.63, 3.8) is 0 Å². The quantitative estimate of drug-likeness (QED) is 0.808. The van der Waals surface area contributed by atoms with Crippen LogP contribution in [0.3, 0.4) is 0 Å². The van der Waals surface area contributed by atoms with E-state index < -0.39 is 5.60 Å². The minimum atomic E-state index is -0.779. The number of benzene rings is 1. The molecular formula is C14H20INO. The van der Waals surface area contributed by atoms with Crippen molar-refractivity contribution < 1.29 is 5.11 Å². The van der Waals surface area contributed by atoms with Crippen LogP contribution in [0.5, 0.6) is 0 Å². The maximum Gasteiger partial charge on any atom is 0.102 e. The van der Waals surface area contributed by atoms with Gasteiger partial charge in [-0.25, -0.2) is 0 Å². The average molecular weight is 345 g/mol. The van der Waals surface area contributed by atoms with Gasteiger partial charge < -0.3 is 10.4 Å². The van der Waals surface area contributed by atoms with Gasteiger partial charge in [-0.05, 0) is 72.5 Å². The third-order valence-corrected chi connectivity index (χ3v) is 4.49. The normalized spacial score (nSPS) is 28.7. The third-order valence-electron chi connectivity index (χ3n) is 3.77. The average Bonchev–Trinajstić information content (AvgIpc) is 2.29. The molecule has 1 aliphatic rings. The molecule has 2 rings (SSSR count). The lowest BCUT2D eigenvalue weighted by Crippen LogP contribution is -2.50. The van der Waals surface area contributed by atoms with Crippen LogP contribution >= 0.6 is 22.6 Å². The SMILES string of the molecule is CC1CCNC(C(C)(O)c2ccc(I)cc2)C1. The molecule has 2 nitrogen and oxygen atoms in total. The molecule has 0 radical (unpaired) electrons. The Morgan fingerprint density at radius 2 is 2.00 bits per heavy atom. The van der Waals surface area contributed by atoms with E-state index in [1.54, 1.807) is 0 Å². The lowest BCUT2D eigenvalue weighted by atomic mass is 9.80. The minimum Gasteiger partial charge on any atom is -0.384 e. The van der Waals surface area contributed by atoms with E-state index in [1.807, 2.05) is 19.1 Å². The van der Waals surface area contributed by atoms with Gasteiger partial charge in [0.05, 0.1) is 0 Å². The predicted octanol–water partition coefficient (Wildman–Crippen LogP) is 2.89. The van der Waals surface area contributed by atoms with Gasteiger partial charge in [0.25, 0.3) is 0 Å². The molecule has 1 aromatic carbocycles. The van der Waals surface area contributed by atoms with Crippen molar-refractivity contribution in [3.05, 3.63) is 33.4 Å². The summed E-state index contributed by atoms with van der Waals surface area (Å²) in [6.07, 6.45) is 2.25. The van der Waals surface area contributed by atoms with Crippen molar-refractivity contribution in [1.29, 1.82) is 0 Å². The number of halogens is 1. The first kappa shape index (κ1) is 13.3. The number of hydrogen-bond acceptors (Lipinski definition) is 2. The lowest BCUT2D eigenvalue weighted by Gasteiger charge is -2.39. The van der Waals surface area contributed by atoms with Crippen LogP contribution in [0.15, 0.2) is 24.3 Å². The Bertz CT molecular complexity index is 374. The van der Waals surface area contributed by atoms with Crippen molar-refractivity contribution in [1.82, 2.24) is 5.32 Å². The second-order valence-corrected chi connectivity index (χ2v) is 6.54. The Balaban J connectivity index is 2.19. The lowest BCUT2D eigenvalue weighted by molar-refractivity contribution is -0.00141. The maximum atomic E-state index is 10.8. The van der Waals surface area contributed by atoms with Crippen molar-refractivity contribution in [2.24, 2.45) is 5.92 Å². The first-order valence-electron chi connectivity index (χ1n) is 6.22. The third kappa shape index (κ3) is 3.01. The number of hydrogen-bond donors (Lipinski definition) is 2. The molecule has 17 heavy (non-hydrogen) atoms. The molecule has 2 N–H and O–H groups in total. The number of piperidine rings is 1. The Labute approximate surface area is 117 Å². The predicted molar refractivity (Wildman–Crippen MR) is 78.9 cm³/mol. The molecule has 1 heterocycles. The minimum absolute atomic E-state index is 0.159. The van der Waals surface area contributed by atoms with Gasteiger partial charge in [0.1, 0.15) is 5.60 Å². The molecule has 1 fully saturated rings. The highest BCUT2D eigenvalue weighted by Crippen LogP contribution is 2.31. The zero-order valence-corrected chi connectivity index (χ0v) is 12.6. The van der Waals surface area contributed by atoms with Crippen molar-refractivity contribution in [3.8, 4) is 0 Å². The van der Waals surface area contributed by atoms with Gasteiger partial charge in [0.15, 0.2) is 0 Å². The van der Waals surface area contributed by atoms with Gasteiger partial charge in [-0.1, -0.05) is 19.1 Å². The monoisotopic (exact) mass is 345 g/mol. The smallest absolute Gasteiger partial charge is 0.102 e. The fraction of sp³-hybridized carbons (Fsp3) is 0.571. The molecule has 0 amide bonds. The van der Waals surface area contributed by atoms with Crippen LogP contribution < -0.4 is 5.32 Å². The van der Waals surface area contributed by atoms with Crippen LogP contribution in [0.1, 0.15) is 32.3 Å². The van der Waals surface area contributed by atoms with Crippen LogP contribution in [0, 0.1) is 9.49 Å².